The third-order valence-corrected chi connectivity index (χ3v) is 4.64. The van der Waals surface area contributed by atoms with Crippen LogP contribution in [0.5, 0.6) is 0 Å². The van der Waals surface area contributed by atoms with Gasteiger partial charge < -0.3 is 9.84 Å². The van der Waals surface area contributed by atoms with E-state index in [0.717, 1.165) is 5.56 Å². The van der Waals surface area contributed by atoms with Gasteiger partial charge in [0.1, 0.15) is 11.3 Å². The molecule has 0 spiro atoms. The van der Waals surface area contributed by atoms with Gasteiger partial charge in [-0.3, -0.25) is 10.1 Å². The molecule has 4 aromatic rings. The molecule has 1 aromatic carbocycles. The molecule has 0 aliphatic heterocycles. The summed E-state index contributed by atoms with van der Waals surface area (Å²) in [7, 11) is 0. The number of carbonyl (C=O) groups is 1. The van der Waals surface area contributed by atoms with Gasteiger partial charge in [-0.25, -0.2) is 4.98 Å². The van der Waals surface area contributed by atoms with E-state index in [0.29, 0.717) is 46.2 Å². The highest BCUT2D eigenvalue weighted by Crippen LogP contribution is 2.20. The lowest BCUT2D eigenvalue weighted by atomic mass is 10.2. The van der Waals surface area contributed by atoms with Crippen LogP contribution >= 0.6 is 22.9 Å². The Morgan fingerprint density at radius 2 is 2.17 bits per heavy atom. The second kappa shape index (κ2) is 8.76. The molecular formula is C18H14ClN7O2S. The summed E-state index contributed by atoms with van der Waals surface area (Å²) in [5, 5.41) is 18.3. The first-order chi connectivity index (χ1) is 14.2. The Morgan fingerprint density at radius 3 is 2.93 bits per heavy atom. The van der Waals surface area contributed by atoms with Crippen LogP contribution < -0.4 is 10.6 Å². The summed E-state index contributed by atoms with van der Waals surface area (Å²) in [5.74, 6) is 1.33. The number of amides is 1. The van der Waals surface area contributed by atoms with Crippen molar-refractivity contribution in [1.82, 2.24) is 25.3 Å². The maximum Gasteiger partial charge on any atom is 0.259 e. The van der Waals surface area contributed by atoms with Crippen molar-refractivity contribution in [2.75, 3.05) is 17.2 Å². The van der Waals surface area contributed by atoms with Crippen molar-refractivity contribution in [3.8, 4) is 11.4 Å². The summed E-state index contributed by atoms with van der Waals surface area (Å²) in [6, 6.07) is 10.7. The van der Waals surface area contributed by atoms with Gasteiger partial charge in [0, 0.05) is 29.7 Å². The van der Waals surface area contributed by atoms with Crippen LogP contribution in [-0.2, 0) is 6.42 Å². The standard InChI is InChI=1S/C18H14ClN7O2S/c19-13-3-1-2-11(8-13)16-23-15(28-26-16)6-7-20-14-5-4-12(9-21-14)17(27)24-18-25-22-10-29-18/h1-5,8-10H,6-7H2,(H,20,21)(H,24,25,27). The molecule has 29 heavy (non-hydrogen) atoms. The third kappa shape index (κ3) is 4.92. The van der Waals surface area contributed by atoms with Crippen molar-refractivity contribution in [1.29, 1.82) is 0 Å². The first-order valence-electron chi connectivity index (χ1n) is 8.53. The molecule has 0 aliphatic rings. The highest BCUT2D eigenvalue weighted by Gasteiger charge is 2.10. The molecule has 0 radical (unpaired) electrons. The predicted octanol–water partition coefficient (Wildman–Crippen LogP) is 3.54. The van der Waals surface area contributed by atoms with E-state index in [-0.39, 0.29) is 5.91 Å². The number of benzene rings is 1. The molecule has 0 saturated heterocycles. The lowest BCUT2D eigenvalue weighted by molar-refractivity contribution is 0.102. The highest BCUT2D eigenvalue weighted by atomic mass is 35.5. The second-order valence-corrected chi connectivity index (χ2v) is 7.10. The van der Waals surface area contributed by atoms with Crippen LogP contribution in [0, 0.1) is 0 Å². The summed E-state index contributed by atoms with van der Waals surface area (Å²) in [6.45, 7) is 0.542. The fourth-order valence-electron chi connectivity index (χ4n) is 2.43. The molecule has 0 unspecified atom stereocenters. The largest absolute Gasteiger partial charge is 0.370 e. The molecule has 11 heteroatoms. The van der Waals surface area contributed by atoms with Crippen LogP contribution in [-0.4, -0.2) is 37.8 Å². The maximum absolute atomic E-state index is 12.1. The lowest BCUT2D eigenvalue weighted by Crippen LogP contribution is -2.13. The second-order valence-electron chi connectivity index (χ2n) is 5.83. The zero-order chi connectivity index (χ0) is 20.1. The SMILES string of the molecule is O=C(Nc1nncs1)c1ccc(NCCc2nc(-c3cccc(Cl)c3)no2)nc1. The Labute approximate surface area is 174 Å². The van der Waals surface area contributed by atoms with Gasteiger partial charge in [-0.15, -0.1) is 10.2 Å². The van der Waals surface area contributed by atoms with Crippen molar-refractivity contribution in [2.24, 2.45) is 0 Å². The van der Waals surface area contributed by atoms with E-state index < -0.39 is 0 Å². The quantitative estimate of drug-likeness (QED) is 0.459. The monoisotopic (exact) mass is 427 g/mol. The van der Waals surface area contributed by atoms with Crippen molar-refractivity contribution in [2.45, 2.75) is 6.42 Å². The highest BCUT2D eigenvalue weighted by molar-refractivity contribution is 7.13. The van der Waals surface area contributed by atoms with Crippen LogP contribution in [0.4, 0.5) is 10.9 Å². The molecule has 0 bridgehead atoms. The summed E-state index contributed by atoms with van der Waals surface area (Å²) in [5.41, 5.74) is 2.76. The fraction of sp³-hybridized carbons (Fsp3) is 0.111. The average Bonchev–Trinajstić information content (AvgIpc) is 3.41. The van der Waals surface area contributed by atoms with Gasteiger partial charge in [0.25, 0.3) is 5.91 Å². The minimum Gasteiger partial charge on any atom is -0.370 e. The number of anilines is 2. The predicted molar refractivity (Wildman–Crippen MR) is 109 cm³/mol. The minimum atomic E-state index is -0.291. The third-order valence-electron chi connectivity index (χ3n) is 3.80. The summed E-state index contributed by atoms with van der Waals surface area (Å²) >= 11 is 7.23. The normalized spacial score (nSPS) is 10.7. The van der Waals surface area contributed by atoms with E-state index in [1.54, 1.807) is 29.8 Å². The molecule has 0 aliphatic carbocycles. The Kier molecular flexibility index (Phi) is 5.73. The number of hydrogen-bond acceptors (Lipinski definition) is 9. The lowest BCUT2D eigenvalue weighted by Gasteiger charge is -2.05. The van der Waals surface area contributed by atoms with Gasteiger partial charge >= 0.3 is 0 Å². The van der Waals surface area contributed by atoms with Crippen molar-refractivity contribution in [3.05, 3.63) is 64.6 Å². The first kappa shape index (κ1) is 19.0. The zero-order valence-electron chi connectivity index (χ0n) is 14.9. The molecule has 0 saturated carbocycles. The van der Waals surface area contributed by atoms with Crippen molar-refractivity contribution >= 4 is 39.8 Å². The van der Waals surface area contributed by atoms with Crippen molar-refractivity contribution < 1.29 is 9.32 Å². The molecule has 2 N–H and O–H groups in total. The molecular weight excluding hydrogens is 414 g/mol. The summed E-state index contributed by atoms with van der Waals surface area (Å²) in [4.78, 5) is 20.7. The van der Waals surface area contributed by atoms with Crippen LogP contribution in [0.1, 0.15) is 16.2 Å². The first-order valence-corrected chi connectivity index (χ1v) is 9.79. The van der Waals surface area contributed by atoms with E-state index in [2.05, 4.69) is 36.0 Å². The maximum atomic E-state index is 12.1. The molecule has 3 aromatic heterocycles. The average molecular weight is 428 g/mol. The van der Waals surface area contributed by atoms with Crippen LogP contribution in [0.15, 0.2) is 52.6 Å². The Bertz CT molecular complexity index is 1100. The number of nitrogens with one attached hydrogen (secondary N) is 2. The van der Waals surface area contributed by atoms with E-state index in [1.807, 2.05) is 12.1 Å². The number of carbonyl (C=O) groups excluding carboxylic acids is 1. The zero-order valence-corrected chi connectivity index (χ0v) is 16.4. The Morgan fingerprint density at radius 1 is 1.24 bits per heavy atom. The Hall–Kier alpha value is -3.37. The number of aromatic nitrogens is 5. The number of hydrogen-bond donors (Lipinski definition) is 2. The molecule has 4 rings (SSSR count). The van der Waals surface area contributed by atoms with E-state index in [4.69, 9.17) is 16.1 Å². The molecule has 1 amide bonds. The number of pyridine rings is 1. The molecule has 0 atom stereocenters. The van der Waals surface area contributed by atoms with Crippen LogP contribution in [0.2, 0.25) is 5.02 Å². The van der Waals surface area contributed by atoms with Crippen LogP contribution in [0.25, 0.3) is 11.4 Å². The van der Waals surface area contributed by atoms with Crippen LogP contribution in [0.3, 0.4) is 0 Å². The van der Waals surface area contributed by atoms with E-state index in [9.17, 15) is 4.79 Å². The topological polar surface area (TPSA) is 119 Å². The fourth-order valence-corrected chi connectivity index (χ4v) is 3.06. The smallest absolute Gasteiger partial charge is 0.259 e. The summed E-state index contributed by atoms with van der Waals surface area (Å²) < 4.78 is 5.27. The number of nitrogens with zero attached hydrogens (tertiary/aromatic N) is 5. The minimum absolute atomic E-state index is 0.291. The van der Waals surface area contributed by atoms with Gasteiger partial charge in [0.05, 0.1) is 5.56 Å². The molecule has 146 valence electrons. The van der Waals surface area contributed by atoms with Gasteiger partial charge in [-0.2, -0.15) is 4.98 Å². The van der Waals surface area contributed by atoms with Gasteiger partial charge in [-0.05, 0) is 24.3 Å². The number of halogens is 1. The number of rotatable bonds is 7. The molecule has 9 nitrogen and oxygen atoms in total. The van der Waals surface area contributed by atoms with Gasteiger partial charge in [0.15, 0.2) is 0 Å². The van der Waals surface area contributed by atoms with E-state index in [1.165, 1.54) is 17.5 Å². The van der Waals surface area contributed by atoms with Gasteiger partial charge in [-0.1, -0.05) is 40.2 Å². The van der Waals surface area contributed by atoms with Gasteiger partial charge in [0.2, 0.25) is 16.8 Å². The van der Waals surface area contributed by atoms with Crippen molar-refractivity contribution in [3.63, 3.8) is 0 Å². The van der Waals surface area contributed by atoms with E-state index >= 15 is 0 Å². The Balaban J connectivity index is 1.29. The molecule has 3 heterocycles. The molecule has 0 fully saturated rings. The summed E-state index contributed by atoms with van der Waals surface area (Å²) in [6.07, 6.45) is 2.01.